The first-order chi connectivity index (χ1) is 52.8. The number of benzene rings is 15. The first-order valence-corrected chi connectivity index (χ1v) is 37.8. The number of aromatic nitrogens is 5. The van der Waals surface area contributed by atoms with Crippen LogP contribution >= 0.6 is 0 Å². The van der Waals surface area contributed by atoms with Gasteiger partial charge in [-0.1, -0.05) is 260 Å². The van der Waals surface area contributed by atoms with Gasteiger partial charge in [0, 0.05) is 82.3 Å². The molecule has 0 spiro atoms. The van der Waals surface area contributed by atoms with Crippen LogP contribution < -0.4 is 0 Å². The van der Waals surface area contributed by atoms with E-state index in [1.54, 1.807) is 0 Å². The molecule has 0 radical (unpaired) electrons. The van der Waals surface area contributed by atoms with Crippen molar-refractivity contribution in [1.29, 1.82) is 0 Å². The van der Waals surface area contributed by atoms with Crippen LogP contribution in [-0.2, 0) is 16.2 Å². The van der Waals surface area contributed by atoms with Crippen molar-refractivity contribution < 1.29 is 0 Å². The minimum Gasteiger partial charge on any atom is -0.309 e. The third-order valence-corrected chi connectivity index (χ3v) is 24.7. The number of hydrogen-bond acceptors (Lipinski definition) is 2. The molecule has 5 nitrogen and oxygen atoms in total. The van der Waals surface area contributed by atoms with E-state index in [1.807, 2.05) is 0 Å². The maximum Gasteiger partial charge on any atom is 0.160 e. The molecule has 22 rings (SSSR count). The van der Waals surface area contributed by atoms with Gasteiger partial charge in [-0.25, -0.2) is 9.97 Å². The van der Waals surface area contributed by atoms with E-state index in [2.05, 4.69) is 389 Å². The quantitative estimate of drug-likeness (QED) is 0.144. The number of rotatable bonds is 9. The Morgan fingerprint density at radius 2 is 0.472 bits per heavy atom. The monoisotopic (exact) mass is 1380 g/mol. The predicted octanol–water partition coefficient (Wildman–Crippen LogP) is 26.7. The summed E-state index contributed by atoms with van der Waals surface area (Å²) in [4.78, 5) is 11.3. The molecule has 0 bridgehead atoms. The van der Waals surface area contributed by atoms with Gasteiger partial charge in [0.25, 0.3) is 0 Å². The first kappa shape index (κ1) is 62.2. The molecule has 3 aliphatic rings. The van der Waals surface area contributed by atoms with E-state index < -0.39 is 0 Å². The van der Waals surface area contributed by atoms with Crippen molar-refractivity contribution in [3.63, 3.8) is 0 Å². The van der Waals surface area contributed by atoms with E-state index in [-0.39, 0.29) is 16.2 Å². The van der Waals surface area contributed by atoms with Crippen LogP contribution in [0.1, 0.15) is 74.9 Å². The fourth-order valence-electron chi connectivity index (χ4n) is 19.3. The maximum absolute atomic E-state index is 5.67. The molecule has 4 aromatic heterocycles. The zero-order valence-electron chi connectivity index (χ0n) is 61.0. The first-order valence-electron chi connectivity index (χ1n) is 37.8. The molecule has 19 aromatic rings. The van der Waals surface area contributed by atoms with Crippen molar-refractivity contribution in [1.82, 2.24) is 23.7 Å². The standard InChI is InChI=1S/C103H73N5/c1-101(2)86-34-13-7-28-74(86)80-55-62(40-46-89(80)101)65-43-49-97-83(58-65)77-31-10-16-37-94(77)106(97)71-25-19-22-68(52-71)92-61-93(69-23-20-26-72(53-69)107-95-38-17-11-32-78(95)84-59-66(44-50-98(84)107)63-41-47-90-81(56-63)75-29-8-14-35-87(75)102(90,3)4)105-100(104-92)70-24-21-27-73(54-70)108-96-39-18-12-33-79(96)85-60-67(45-51-99(85)108)64-42-48-91-82(57-64)76-30-9-15-36-88(76)103(91,5)6/h7-61H,1-6H3. The number of nitrogens with zero attached hydrogens (tertiary/aromatic N) is 5. The van der Waals surface area contributed by atoms with Crippen molar-refractivity contribution in [2.45, 2.75) is 57.8 Å². The molecular weight excluding hydrogens is 1310 g/mol. The van der Waals surface area contributed by atoms with Crippen LogP contribution in [0, 0.1) is 0 Å². The van der Waals surface area contributed by atoms with Gasteiger partial charge in [-0.2, -0.15) is 0 Å². The number of para-hydroxylation sites is 3. The normalized spacial score (nSPS) is 14.1. The lowest BCUT2D eigenvalue weighted by Gasteiger charge is -2.21. The summed E-state index contributed by atoms with van der Waals surface area (Å²) in [5, 5.41) is 7.22. The SMILES string of the molecule is CC1(C)c2ccccc2-c2cc(-c3ccc4c(c3)c3ccccc3n4-c3cccc(-c4cc(-c5cccc(-n6c7ccccc7c7cc(-c8ccc9c(c8)-c8ccccc8C9(C)C)ccc76)c5)nc(-c5cccc(-n6c7ccccc7c7cc(-c8ccc9c(c8)-c8ccccc8C9(C)C)ccc76)c5)n4)c3)ccc21. The Hall–Kier alpha value is -13.2. The van der Waals surface area contributed by atoms with Gasteiger partial charge in [0.1, 0.15) is 0 Å². The Kier molecular flexibility index (Phi) is 13.2. The zero-order valence-corrected chi connectivity index (χ0v) is 61.0. The van der Waals surface area contributed by atoms with Gasteiger partial charge >= 0.3 is 0 Å². The largest absolute Gasteiger partial charge is 0.309 e. The predicted molar refractivity (Wildman–Crippen MR) is 450 cm³/mol. The van der Waals surface area contributed by atoms with E-state index in [0.717, 1.165) is 78.2 Å². The topological polar surface area (TPSA) is 40.6 Å². The highest BCUT2D eigenvalue weighted by molar-refractivity contribution is 6.13. The highest BCUT2D eigenvalue weighted by atomic mass is 15.0. The molecule has 3 aliphatic carbocycles. The van der Waals surface area contributed by atoms with Crippen molar-refractivity contribution >= 4 is 65.4 Å². The molecule has 0 N–H and O–H groups in total. The van der Waals surface area contributed by atoms with Gasteiger partial charge in [-0.05, 0) is 215 Å². The smallest absolute Gasteiger partial charge is 0.160 e. The van der Waals surface area contributed by atoms with E-state index in [9.17, 15) is 0 Å². The second-order valence-corrected chi connectivity index (χ2v) is 31.7. The summed E-state index contributed by atoms with van der Waals surface area (Å²) in [6.45, 7) is 14.1. The van der Waals surface area contributed by atoms with Crippen LogP contribution in [0.15, 0.2) is 334 Å². The molecule has 510 valence electrons. The van der Waals surface area contributed by atoms with E-state index in [0.29, 0.717) is 5.82 Å². The fraction of sp³-hybridized carbons (Fsp3) is 0.0874. The van der Waals surface area contributed by atoms with E-state index in [1.165, 1.54) is 132 Å². The Labute approximate surface area is 627 Å². The van der Waals surface area contributed by atoms with Crippen molar-refractivity contribution in [3.05, 3.63) is 367 Å². The van der Waals surface area contributed by atoms with Crippen LogP contribution in [0.4, 0.5) is 0 Å². The van der Waals surface area contributed by atoms with Crippen LogP contribution in [0.5, 0.6) is 0 Å². The number of fused-ring (bicyclic) bond motifs is 18. The lowest BCUT2D eigenvalue weighted by molar-refractivity contribution is 0.660. The molecule has 0 amide bonds. The molecule has 0 aliphatic heterocycles. The summed E-state index contributed by atoms with van der Waals surface area (Å²) in [6.07, 6.45) is 0. The summed E-state index contributed by atoms with van der Waals surface area (Å²) in [5.41, 5.74) is 37.8. The summed E-state index contributed by atoms with van der Waals surface area (Å²) >= 11 is 0. The lowest BCUT2D eigenvalue weighted by atomic mass is 9.82. The van der Waals surface area contributed by atoms with Crippen LogP contribution in [0.3, 0.4) is 0 Å². The third-order valence-electron chi connectivity index (χ3n) is 24.7. The van der Waals surface area contributed by atoms with Gasteiger partial charge in [0.15, 0.2) is 5.82 Å². The van der Waals surface area contributed by atoms with Gasteiger partial charge < -0.3 is 13.7 Å². The molecule has 0 saturated heterocycles. The lowest BCUT2D eigenvalue weighted by Crippen LogP contribution is -2.14. The van der Waals surface area contributed by atoms with Gasteiger partial charge in [0.05, 0.1) is 44.5 Å². The van der Waals surface area contributed by atoms with Gasteiger partial charge in [0.2, 0.25) is 0 Å². The minimum absolute atomic E-state index is 0.0584. The number of hydrogen-bond donors (Lipinski definition) is 0. The van der Waals surface area contributed by atoms with Crippen LogP contribution in [0.2, 0.25) is 0 Å². The third kappa shape index (κ3) is 9.12. The Bertz CT molecular complexity index is 6420. The van der Waals surface area contributed by atoms with Crippen molar-refractivity contribution in [2.75, 3.05) is 0 Å². The summed E-state index contributed by atoms with van der Waals surface area (Å²) in [5.74, 6) is 0.635. The summed E-state index contributed by atoms with van der Waals surface area (Å²) in [6, 6.07) is 124. The molecule has 4 heterocycles. The molecule has 0 fully saturated rings. The van der Waals surface area contributed by atoms with E-state index in [4.69, 9.17) is 9.97 Å². The molecule has 0 atom stereocenters. The van der Waals surface area contributed by atoms with Gasteiger partial charge in [-0.15, -0.1) is 0 Å². The molecule has 0 saturated carbocycles. The highest BCUT2D eigenvalue weighted by Gasteiger charge is 2.38. The highest BCUT2D eigenvalue weighted by Crippen LogP contribution is 2.54. The second kappa shape index (κ2) is 22.9. The Morgan fingerprint density at radius 1 is 0.194 bits per heavy atom. The maximum atomic E-state index is 5.67. The van der Waals surface area contributed by atoms with Crippen molar-refractivity contribution in [3.8, 4) is 118 Å². The summed E-state index contributed by atoms with van der Waals surface area (Å²) < 4.78 is 7.27. The van der Waals surface area contributed by atoms with Crippen LogP contribution in [0.25, 0.3) is 183 Å². The average molecular weight is 1380 g/mol. The van der Waals surface area contributed by atoms with Gasteiger partial charge in [-0.3, -0.25) is 0 Å². The molecule has 108 heavy (non-hydrogen) atoms. The Balaban J connectivity index is 0.679. The minimum atomic E-state index is -0.0594. The van der Waals surface area contributed by atoms with Crippen LogP contribution in [-0.4, -0.2) is 23.7 Å². The van der Waals surface area contributed by atoms with E-state index >= 15 is 0 Å². The average Bonchev–Trinajstić information content (AvgIpc) is 1.59. The fourth-order valence-corrected chi connectivity index (χ4v) is 19.3. The van der Waals surface area contributed by atoms with Crippen molar-refractivity contribution in [2.24, 2.45) is 0 Å². The molecular formula is C103H73N5. The molecule has 15 aromatic carbocycles. The Morgan fingerprint density at radius 3 is 0.833 bits per heavy atom. The molecule has 0 unspecified atom stereocenters. The zero-order chi connectivity index (χ0) is 72.1. The second-order valence-electron chi connectivity index (χ2n) is 31.7. The molecule has 5 heteroatoms. The summed E-state index contributed by atoms with van der Waals surface area (Å²) in [7, 11) is 0.